The Labute approximate surface area is 100 Å². The van der Waals surface area contributed by atoms with Gasteiger partial charge >= 0.3 is 5.97 Å². The van der Waals surface area contributed by atoms with Crippen molar-refractivity contribution in [2.24, 2.45) is 0 Å². The second kappa shape index (κ2) is 5.52. The molecule has 17 heavy (non-hydrogen) atoms. The molecular formula is C12H17NO4. The van der Waals surface area contributed by atoms with Gasteiger partial charge in [0, 0.05) is 18.2 Å². The van der Waals surface area contributed by atoms with Crippen LogP contribution in [0.1, 0.15) is 36.4 Å². The highest BCUT2D eigenvalue weighted by Gasteiger charge is 2.24. The minimum Gasteiger partial charge on any atom is -0.481 e. The maximum atomic E-state index is 12.1. The summed E-state index contributed by atoms with van der Waals surface area (Å²) < 4.78 is 5.13. The van der Waals surface area contributed by atoms with E-state index in [0.717, 1.165) is 5.56 Å². The van der Waals surface area contributed by atoms with E-state index in [2.05, 4.69) is 0 Å². The zero-order valence-corrected chi connectivity index (χ0v) is 10.3. The van der Waals surface area contributed by atoms with Crippen LogP contribution < -0.4 is 0 Å². The third-order valence-electron chi connectivity index (χ3n) is 2.66. The summed E-state index contributed by atoms with van der Waals surface area (Å²) >= 11 is 0. The number of furan rings is 1. The van der Waals surface area contributed by atoms with Gasteiger partial charge in [-0.15, -0.1) is 0 Å². The first-order valence-electron chi connectivity index (χ1n) is 5.54. The van der Waals surface area contributed by atoms with E-state index in [1.807, 2.05) is 6.92 Å². The Hall–Kier alpha value is -1.78. The minimum absolute atomic E-state index is 0.0701. The van der Waals surface area contributed by atoms with Crippen molar-refractivity contribution in [1.82, 2.24) is 4.90 Å². The van der Waals surface area contributed by atoms with E-state index < -0.39 is 5.97 Å². The molecule has 0 saturated carbocycles. The lowest BCUT2D eigenvalue weighted by Crippen LogP contribution is -2.39. The molecule has 1 N–H and O–H groups in total. The van der Waals surface area contributed by atoms with Crippen LogP contribution in [0.2, 0.25) is 0 Å². The number of carboxylic acid groups (broad SMARTS) is 1. The molecule has 1 atom stereocenters. The van der Waals surface area contributed by atoms with Crippen molar-refractivity contribution in [1.29, 1.82) is 0 Å². The van der Waals surface area contributed by atoms with Gasteiger partial charge in [0.05, 0.1) is 12.7 Å². The molecule has 1 aromatic rings. The number of aryl methyl sites for hydroxylation is 1. The van der Waals surface area contributed by atoms with E-state index >= 15 is 0 Å². The van der Waals surface area contributed by atoms with Crippen LogP contribution in [0.15, 0.2) is 16.7 Å². The number of aliphatic carboxylic acids is 1. The highest BCUT2D eigenvalue weighted by molar-refractivity contribution is 5.93. The van der Waals surface area contributed by atoms with Crippen molar-refractivity contribution in [2.45, 2.75) is 33.2 Å². The Bertz CT molecular complexity index is 410. The van der Waals surface area contributed by atoms with Crippen LogP contribution in [0.5, 0.6) is 0 Å². The molecule has 94 valence electrons. The topological polar surface area (TPSA) is 70.8 Å². The molecule has 1 aromatic heterocycles. The second-order valence-corrected chi connectivity index (χ2v) is 3.97. The fourth-order valence-electron chi connectivity index (χ4n) is 1.74. The molecular weight excluding hydrogens is 222 g/mol. The summed E-state index contributed by atoms with van der Waals surface area (Å²) in [7, 11) is 0. The molecule has 0 aliphatic rings. The first kappa shape index (κ1) is 13.3. The predicted molar refractivity (Wildman–Crippen MR) is 61.9 cm³/mol. The summed E-state index contributed by atoms with van der Waals surface area (Å²) in [6.45, 7) is 5.77. The normalized spacial score (nSPS) is 12.2. The van der Waals surface area contributed by atoms with Crippen molar-refractivity contribution in [2.75, 3.05) is 6.54 Å². The Morgan fingerprint density at radius 1 is 1.53 bits per heavy atom. The van der Waals surface area contributed by atoms with E-state index in [9.17, 15) is 9.59 Å². The largest absolute Gasteiger partial charge is 0.481 e. The van der Waals surface area contributed by atoms with Crippen molar-refractivity contribution in [3.8, 4) is 0 Å². The van der Waals surface area contributed by atoms with Crippen LogP contribution in [-0.4, -0.2) is 34.5 Å². The molecule has 0 aromatic carbocycles. The van der Waals surface area contributed by atoms with Crippen LogP contribution in [0.3, 0.4) is 0 Å². The van der Waals surface area contributed by atoms with Gasteiger partial charge in [0.2, 0.25) is 0 Å². The van der Waals surface area contributed by atoms with E-state index in [0.29, 0.717) is 6.54 Å². The lowest BCUT2D eigenvalue weighted by atomic mass is 10.1. The standard InChI is InChI=1S/C12H17NO4/c1-4-13(9(3)7-10(14)15)12(16)11-8(2)5-6-17-11/h5-6,9H,4,7H2,1-3H3,(H,14,15). The van der Waals surface area contributed by atoms with Crippen LogP contribution in [-0.2, 0) is 4.79 Å². The van der Waals surface area contributed by atoms with E-state index in [1.165, 1.54) is 11.2 Å². The van der Waals surface area contributed by atoms with Gasteiger partial charge in [0.25, 0.3) is 5.91 Å². The van der Waals surface area contributed by atoms with Crippen molar-refractivity contribution >= 4 is 11.9 Å². The Kier molecular flexibility index (Phi) is 4.31. The second-order valence-electron chi connectivity index (χ2n) is 3.97. The van der Waals surface area contributed by atoms with Gasteiger partial charge in [-0.25, -0.2) is 0 Å². The van der Waals surface area contributed by atoms with Crippen molar-refractivity contribution < 1.29 is 19.1 Å². The van der Waals surface area contributed by atoms with Gasteiger partial charge in [0.15, 0.2) is 5.76 Å². The number of nitrogens with zero attached hydrogens (tertiary/aromatic N) is 1. The van der Waals surface area contributed by atoms with E-state index in [4.69, 9.17) is 9.52 Å². The molecule has 0 radical (unpaired) electrons. The van der Waals surface area contributed by atoms with Gasteiger partial charge in [-0.05, 0) is 26.8 Å². The molecule has 0 aliphatic heterocycles. The summed E-state index contributed by atoms with van der Waals surface area (Å²) in [6.07, 6.45) is 1.39. The Balaban J connectivity index is 2.84. The number of hydrogen-bond acceptors (Lipinski definition) is 3. The molecule has 5 heteroatoms. The Morgan fingerprint density at radius 3 is 2.59 bits per heavy atom. The number of rotatable bonds is 5. The molecule has 1 unspecified atom stereocenters. The summed E-state index contributed by atoms with van der Waals surface area (Å²) in [5, 5.41) is 8.73. The van der Waals surface area contributed by atoms with Gasteiger partial charge in [-0.1, -0.05) is 0 Å². The van der Waals surface area contributed by atoms with Crippen molar-refractivity contribution in [3.05, 3.63) is 23.7 Å². The van der Waals surface area contributed by atoms with Gasteiger partial charge in [0.1, 0.15) is 0 Å². The van der Waals surface area contributed by atoms with Crippen LogP contribution in [0.25, 0.3) is 0 Å². The number of amides is 1. The number of carbonyl (C=O) groups excluding carboxylic acids is 1. The smallest absolute Gasteiger partial charge is 0.305 e. The molecule has 5 nitrogen and oxygen atoms in total. The maximum Gasteiger partial charge on any atom is 0.305 e. The van der Waals surface area contributed by atoms with Crippen LogP contribution in [0.4, 0.5) is 0 Å². The molecule has 0 spiro atoms. The zero-order chi connectivity index (χ0) is 13.0. The average Bonchev–Trinajstić information content (AvgIpc) is 2.64. The predicted octanol–water partition coefficient (Wildman–Crippen LogP) is 1.91. The monoisotopic (exact) mass is 239 g/mol. The van der Waals surface area contributed by atoms with E-state index in [1.54, 1.807) is 19.9 Å². The summed E-state index contributed by atoms with van der Waals surface area (Å²) in [4.78, 5) is 24.3. The van der Waals surface area contributed by atoms with Crippen molar-refractivity contribution in [3.63, 3.8) is 0 Å². The maximum absolute atomic E-state index is 12.1. The highest BCUT2D eigenvalue weighted by atomic mass is 16.4. The average molecular weight is 239 g/mol. The number of carbonyl (C=O) groups is 2. The third kappa shape index (κ3) is 3.09. The highest BCUT2D eigenvalue weighted by Crippen LogP contribution is 2.15. The number of hydrogen-bond donors (Lipinski definition) is 1. The van der Waals surface area contributed by atoms with Crippen LogP contribution in [0, 0.1) is 6.92 Å². The fourth-order valence-corrected chi connectivity index (χ4v) is 1.74. The quantitative estimate of drug-likeness (QED) is 0.852. The third-order valence-corrected chi connectivity index (χ3v) is 2.66. The molecule has 0 saturated heterocycles. The van der Waals surface area contributed by atoms with E-state index in [-0.39, 0.29) is 24.1 Å². The SMILES string of the molecule is CCN(C(=O)c1occc1C)C(C)CC(=O)O. The lowest BCUT2D eigenvalue weighted by molar-refractivity contribution is -0.138. The summed E-state index contributed by atoms with van der Waals surface area (Å²) in [6, 6.07) is 1.36. The zero-order valence-electron chi connectivity index (χ0n) is 10.3. The lowest BCUT2D eigenvalue weighted by Gasteiger charge is -2.26. The minimum atomic E-state index is -0.917. The summed E-state index contributed by atoms with van der Waals surface area (Å²) in [5.74, 6) is -0.896. The first-order valence-corrected chi connectivity index (χ1v) is 5.54. The van der Waals surface area contributed by atoms with Gasteiger partial charge < -0.3 is 14.4 Å². The molecule has 0 bridgehead atoms. The summed E-state index contributed by atoms with van der Waals surface area (Å²) in [5.41, 5.74) is 0.760. The molecule has 1 amide bonds. The fraction of sp³-hybridized carbons (Fsp3) is 0.500. The Morgan fingerprint density at radius 2 is 2.18 bits per heavy atom. The first-order chi connectivity index (χ1) is 7.97. The molecule has 0 aliphatic carbocycles. The number of carboxylic acids is 1. The van der Waals surface area contributed by atoms with Crippen LogP contribution >= 0.6 is 0 Å². The van der Waals surface area contributed by atoms with Gasteiger partial charge in [-0.2, -0.15) is 0 Å². The molecule has 1 rings (SSSR count). The molecule has 0 fully saturated rings. The molecule has 1 heterocycles. The van der Waals surface area contributed by atoms with Gasteiger partial charge in [-0.3, -0.25) is 9.59 Å².